The highest BCUT2D eigenvalue weighted by atomic mass is 35.5. The highest BCUT2D eigenvalue weighted by Gasteiger charge is 2.35. The van der Waals surface area contributed by atoms with Gasteiger partial charge in [0, 0.05) is 11.6 Å². The number of alkyl halides is 4. The number of halogens is 4. The van der Waals surface area contributed by atoms with Crippen LogP contribution in [0.3, 0.4) is 0 Å². The van der Waals surface area contributed by atoms with Gasteiger partial charge in [-0.25, -0.2) is 0 Å². The van der Waals surface area contributed by atoms with Crippen LogP contribution in [0.15, 0.2) is 12.1 Å². The smallest absolute Gasteiger partial charge is 0.258 e. The summed E-state index contributed by atoms with van der Waals surface area (Å²) in [4.78, 5) is 9.69. The highest BCUT2D eigenvalue weighted by molar-refractivity contribution is 6.17. The van der Waals surface area contributed by atoms with Crippen molar-refractivity contribution in [3.8, 4) is 6.07 Å². The van der Waals surface area contributed by atoms with Gasteiger partial charge in [-0.3, -0.25) is 10.1 Å². The number of nitrogens with zero attached hydrogens (tertiary/aromatic N) is 2. The number of nitro groups is 1. The summed E-state index contributed by atoms with van der Waals surface area (Å²) in [6, 6.07) is 2.40. The van der Waals surface area contributed by atoms with Gasteiger partial charge in [0.25, 0.3) is 5.69 Å². The van der Waals surface area contributed by atoms with Gasteiger partial charge < -0.3 is 0 Å². The molecule has 4 nitrogen and oxygen atoms in total. The van der Waals surface area contributed by atoms with Crippen LogP contribution in [-0.2, 0) is 12.1 Å². The van der Waals surface area contributed by atoms with E-state index in [4.69, 9.17) is 16.9 Å². The number of benzene rings is 1. The second-order valence-corrected chi connectivity index (χ2v) is 3.29. The molecule has 0 aliphatic carbocycles. The van der Waals surface area contributed by atoms with Crippen molar-refractivity contribution in [3.05, 3.63) is 38.9 Å². The minimum absolute atomic E-state index is 0.275. The van der Waals surface area contributed by atoms with Gasteiger partial charge in [-0.15, -0.1) is 11.6 Å². The second kappa shape index (κ2) is 4.59. The van der Waals surface area contributed by atoms with Crippen LogP contribution < -0.4 is 0 Å². The summed E-state index contributed by atoms with van der Waals surface area (Å²) in [5, 5.41) is 19.1. The van der Waals surface area contributed by atoms with Crippen molar-refractivity contribution in [2.45, 2.75) is 12.1 Å². The standard InChI is InChI=1S/C9H4ClF3N2O2/c10-3-5-1-7(9(11,12)13)6(4-14)2-8(5)15(16)17/h1-2H,3H2. The average Bonchev–Trinajstić information content (AvgIpc) is 2.25. The Morgan fingerprint density at radius 3 is 2.41 bits per heavy atom. The van der Waals surface area contributed by atoms with Crippen molar-refractivity contribution >= 4 is 17.3 Å². The quantitative estimate of drug-likeness (QED) is 0.468. The number of hydrogen-bond acceptors (Lipinski definition) is 3. The van der Waals surface area contributed by atoms with Crippen LogP contribution in [0.25, 0.3) is 0 Å². The zero-order valence-corrected chi connectivity index (χ0v) is 8.84. The van der Waals surface area contributed by atoms with E-state index in [9.17, 15) is 23.3 Å². The Morgan fingerprint density at radius 1 is 1.47 bits per heavy atom. The van der Waals surface area contributed by atoms with E-state index in [2.05, 4.69) is 0 Å². The summed E-state index contributed by atoms with van der Waals surface area (Å²) in [5.74, 6) is -0.439. The zero-order chi connectivity index (χ0) is 13.2. The van der Waals surface area contributed by atoms with E-state index in [0.717, 1.165) is 0 Å². The Balaban J connectivity index is 3.56. The van der Waals surface area contributed by atoms with Crippen LogP contribution in [0, 0.1) is 21.4 Å². The molecule has 0 bridgehead atoms. The molecule has 1 aromatic carbocycles. The molecule has 0 aliphatic rings. The van der Waals surface area contributed by atoms with Crippen LogP contribution in [0.4, 0.5) is 18.9 Å². The van der Waals surface area contributed by atoms with E-state index < -0.39 is 33.8 Å². The summed E-state index contributed by atoms with van der Waals surface area (Å²) in [5.41, 5.74) is -2.88. The van der Waals surface area contributed by atoms with Gasteiger partial charge >= 0.3 is 6.18 Å². The maximum Gasteiger partial charge on any atom is 0.417 e. The molecule has 0 amide bonds. The summed E-state index contributed by atoms with van der Waals surface area (Å²) in [6.45, 7) is 0. The molecule has 0 aromatic heterocycles. The van der Waals surface area contributed by atoms with Crippen LogP contribution in [-0.4, -0.2) is 4.92 Å². The van der Waals surface area contributed by atoms with Gasteiger partial charge in [0.15, 0.2) is 0 Å². The third-order valence-electron chi connectivity index (χ3n) is 1.99. The van der Waals surface area contributed by atoms with Crippen molar-refractivity contribution < 1.29 is 18.1 Å². The predicted octanol–water partition coefficient (Wildman–Crippen LogP) is 3.22. The van der Waals surface area contributed by atoms with Crippen molar-refractivity contribution in [2.75, 3.05) is 0 Å². The number of rotatable bonds is 2. The van der Waals surface area contributed by atoms with Gasteiger partial charge in [-0.05, 0) is 6.07 Å². The lowest BCUT2D eigenvalue weighted by atomic mass is 10.0. The normalized spacial score (nSPS) is 11.0. The monoisotopic (exact) mass is 264 g/mol. The molecule has 0 N–H and O–H groups in total. The summed E-state index contributed by atoms with van der Waals surface area (Å²) in [6.07, 6.45) is -4.75. The van der Waals surface area contributed by atoms with Gasteiger partial charge in [0.2, 0.25) is 0 Å². The first-order chi connectivity index (χ1) is 7.81. The van der Waals surface area contributed by atoms with Gasteiger partial charge in [0.05, 0.1) is 21.9 Å². The maximum absolute atomic E-state index is 12.5. The molecule has 0 fully saturated rings. The molecule has 0 radical (unpaired) electrons. The van der Waals surface area contributed by atoms with Gasteiger partial charge in [-0.2, -0.15) is 18.4 Å². The molecule has 0 aliphatic heterocycles. The Kier molecular flexibility index (Phi) is 3.58. The topological polar surface area (TPSA) is 66.9 Å². The average molecular weight is 265 g/mol. The summed E-state index contributed by atoms with van der Waals surface area (Å²) in [7, 11) is 0. The number of hydrogen-bond donors (Lipinski definition) is 0. The van der Waals surface area contributed by atoms with Crippen LogP contribution >= 0.6 is 11.6 Å². The molecule has 0 saturated heterocycles. The molecule has 0 saturated carbocycles. The Morgan fingerprint density at radius 2 is 2.06 bits per heavy atom. The molecular weight excluding hydrogens is 261 g/mol. The number of nitriles is 1. The van der Waals surface area contributed by atoms with E-state index in [1.165, 1.54) is 6.07 Å². The lowest BCUT2D eigenvalue weighted by Gasteiger charge is -2.10. The molecule has 0 spiro atoms. The SMILES string of the molecule is N#Cc1cc([N+](=O)[O-])c(CCl)cc1C(F)(F)F. The lowest BCUT2D eigenvalue weighted by molar-refractivity contribution is -0.385. The van der Waals surface area contributed by atoms with E-state index in [0.29, 0.717) is 12.1 Å². The minimum Gasteiger partial charge on any atom is -0.258 e. The molecule has 17 heavy (non-hydrogen) atoms. The Bertz CT molecular complexity index is 508. The third kappa shape index (κ3) is 2.65. The van der Waals surface area contributed by atoms with E-state index in [-0.39, 0.29) is 5.56 Å². The molecular formula is C9H4ClF3N2O2. The van der Waals surface area contributed by atoms with Crippen LogP contribution in [0.5, 0.6) is 0 Å². The first kappa shape index (κ1) is 13.3. The predicted molar refractivity (Wildman–Crippen MR) is 52.4 cm³/mol. The third-order valence-corrected chi connectivity index (χ3v) is 2.27. The van der Waals surface area contributed by atoms with Crippen molar-refractivity contribution in [1.82, 2.24) is 0 Å². The zero-order valence-electron chi connectivity index (χ0n) is 8.08. The first-order valence-electron chi connectivity index (χ1n) is 4.15. The van der Waals surface area contributed by atoms with Gasteiger partial charge in [0.1, 0.15) is 6.07 Å². The minimum atomic E-state index is -4.75. The molecule has 1 aromatic rings. The molecule has 0 unspecified atom stereocenters. The van der Waals surface area contributed by atoms with E-state index >= 15 is 0 Å². The van der Waals surface area contributed by atoms with Crippen LogP contribution in [0.1, 0.15) is 16.7 Å². The molecule has 1 rings (SSSR count). The second-order valence-electron chi connectivity index (χ2n) is 3.03. The Labute approximate surface area is 98.4 Å². The lowest BCUT2D eigenvalue weighted by Crippen LogP contribution is -2.09. The van der Waals surface area contributed by atoms with Crippen molar-refractivity contribution in [2.24, 2.45) is 0 Å². The number of nitro benzene ring substituents is 1. The molecule has 8 heteroatoms. The van der Waals surface area contributed by atoms with E-state index in [1.807, 2.05) is 0 Å². The first-order valence-corrected chi connectivity index (χ1v) is 4.69. The Hall–Kier alpha value is -1.81. The largest absolute Gasteiger partial charge is 0.417 e. The maximum atomic E-state index is 12.5. The van der Waals surface area contributed by atoms with Crippen LogP contribution in [0.2, 0.25) is 0 Å². The highest BCUT2D eigenvalue weighted by Crippen LogP contribution is 2.35. The molecule has 0 heterocycles. The summed E-state index contributed by atoms with van der Waals surface area (Å²) >= 11 is 5.34. The fourth-order valence-corrected chi connectivity index (χ4v) is 1.45. The van der Waals surface area contributed by atoms with E-state index in [1.54, 1.807) is 0 Å². The molecule has 90 valence electrons. The summed E-state index contributed by atoms with van der Waals surface area (Å²) < 4.78 is 37.6. The van der Waals surface area contributed by atoms with Crippen molar-refractivity contribution in [1.29, 1.82) is 5.26 Å². The molecule has 0 atom stereocenters. The van der Waals surface area contributed by atoms with Gasteiger partial charge in [-0.1, -0.05) is 0 Å². The van der Waals surface area contributed by atoms with Crippen molar-refractivity contribution in [3.63, 3.8) is 0 Å². The fraction of sp³-hybridized carbons (Fsp3) is 0.222. The fourth-order valence-electron chi connectivity index (χ4n) is 1.24.